The van der Waals surface area contributed by atoms with Crippen molar-refractivity contribution >= 4 is 28.9 Å². The van der Waals surface area contributed by atoms with E-state index >= 15 is 0 Å². The smallest absolute Gasteiger partial charge is 0.398 e. The van der Waals surface area contributed by atoms with Crippen LogP contribution < -0.4 is 16.0 Å². The molecule has 4 aromatic rings. The molecule has 9 heteroatoms. The van der Waals surface area contributed by atoms with Gasteiger partial charge in [0.15, 0.2) is 0 Å². The number of nitrogens with one attached hydrogen (secondary N) is 1. The number of fused-ring (bicyclic) bond motifs is 1. The van der Waals surface area contributed by atoms with Crippen LogP contribution in [0.3, 0.4) is 0 Å². The summed E-state index contributed by atoms with van der Waals surface area (Å²) in [5.41, 5.74) is 9.56. The molecule has 0 radical (unpaired) electrons. The van der Waals surface area contributed by atoms with E-state index in [1.165, 1.54) is 12.1 Å². The fourth-order valence-electron chi connectivity index (χ4n) is 4.60. The van der Waals surface area contributed by atoms with Gasteiger partial charge in [-0.15, -0.1) is 0 Å². The minimum atomic E-state index is -4.47. The minimum Gasteiger partial charge on any atom is -0.398 e. The largest absolute Gasteiger partial charge is 0.416 e. The summed E-state index contributed by atoms with van der Waals surface area (Å²) in [6.07, 6.45) is -1.98. The first-order valence-corrected chi connectivity index (χ1v) is 11.9. The van der Waals surface area contributed by atoms with Crippen molar-refractivity contribution in [1.29, 1.82) is 0 Å². The fourth-order valence-corrected chi connectivity index (χ4v) is 4.60. The standard InChI is InChI=1S/C29H23F3N4O2/c30-29(31,32)20-9-7-18(8-10-20)27-23(5-3-6-24(27)33)28(38)35-22-11-12-25-19(16-22)13-15-36(25)26(37)17-21-4-1-2-14-34-21/h1-12,14,16H,13,15,17,33H2,(H,35,38). The number of aromatic nitrogens is 1. The summed E-state index contributed by atoms with van der Waals surface area (Å²) in [5, 5.41) is 2.86. The lowest BCUT2D eigenvalue weighted by Gasteiger charge is -2.18. The molecule has 0 spiro atoms. The number of hydrogen-bond acceptors (Lipinski definition) is 4. The van der Waals surface area contributed by atoms with Crippen molar-refractivity contribution in [3.63, 3.8) is 0 Å². The highest BCUT2D eigenvalue weighted by atomic mass is 19.4. The highest BCUT2D eigenvalue weighted by Crippen LogP contribution is 2.35. The van der Waals surface area contributed by atoms with Gasteiger partial charge in [0.25, 0.3) is 5.91 Å². The summed E-state index contributed by atoms with van der Waals surface area (Å²) in [4.78, 5) is 32.0. The van der Waals surface area contributed by atoms with Crippen LogP contribution in [0.1, 0.15) is 27.2 Å². The number of hydrogen-bond donors (Lipinski definition) is 2. The maximum Gasteiger partial charge on any atom is 0.416 e. The number of nitrogens with two attached hydrogens (primary N) is 1. The molecule has 5 rings (SSSR count). The van der Waals surface area contributed by atoms with Gasteiger partial charge in [0.2, 0.25) is 5.91 Å². The average Bonchev–Trinajstić information content (AvgIpc) is 3.32. The SMILES string of the molecule is Nc1cccc(C(=O)Nc2ccc3c(c2)CCN3C(=O)Cc2ccccn2)c1-c1ccc(C(F)(F)F)cc1. The Balaban J connectivity index is 1.35. The van der Waals surface area contributed by atoms with E-state index in [-0.39, 0.29) is 23.6 Å². The Morgan fingerprint density at radius 3 is 2.47 bits per heavy atom. The van der Waals surface area contributed by atoms with Crippen LogP contribution in [0.5, 0.6) is 0 Å². The van der Waals surface area contributed by atoms with Crippen molar-refractivity contribution in [2.24, 2.45) is 0 Å². The molecule has 0 fully saturated rings. The van der Waals surface area contributed by atoms with Gasteiger partial charge in [-0.3, -0.25) is 14.6 Å². The van der Waals surface area contributed by atoms with Crippen molar-refractivity contribution in [1.82, 2.24) is 4.98 Å². The number of alkyl halides is 3. The molecular weight excluding hydrogens is 493 g/mol. The summed E-state index contributed by atoms with van der Waals surface area (Å²) in [5.74, 6) is -0.506. The van der Waals surface area contributed by atoms with E-state index in [4.69, 9.17) is 5.73 Å². The number of carbonyl (C=O) groups excluding carboxylic acids is 2. The van der Waals surface area contributed by atoms with Crippen molar-refractivity contribution in [2.75, 3.05) is 22.5 Å². The van der Waals surface area contributed by atoms with E-state index in [1.807, 2.05) is 18.2 Å². The molecule has 0 saturated heterocycles. The van der Waals surface area contributed by atoms with Gasteiger partial charge in [-0.1, -0.05) is 24.3 Å². The number of rotatable bonds is 5. The molecule has 1 aliphatic rings. The number of amides is 2. The lowest BCUT2D eigenvalue weighted by atomic mass is 9.96. The van der Waals surface area contributed by atoms with Gasteiger partial charge >= 0.3 is 6.18 Å². The molecule has 3 N–H and O–H groups in total. The summed E-state index contributed by atoms with van der Waals surface area (Å²) in [7, 11) is 0. The normalized spacial score (nSPS) is 12.8. The van der Waals surface area contributed by atoms with Gasteiger partial charge in [0.05, 0.1) is 12.0 Å². The number of nitrogens with zero attached hydrogens (tertiary/aromatic N) is 2. The first-order chi connectivity index (χ1) is 18.2. The molecule has 1 aromatic heterocycles. The Hall–Kier alpha value is -4.66. The van der Waals surface area contributed by atoms with Crippen LogP contribution in [0.4, 0.5) is 30.2 Å². The lowest BCUT2D eigenvalue weighted by Crippen LogP contribution is -2.30. The number of nitrogen functional groups attached to an aromatic ring is 1. The zero-order chi connectivity index (χ0) is 26.9. The van der Waals surface area contributed by atoms with Crippen molar-refractivity contribution in [3.05, 3.63) is 107 Å². The van der Waals surface area contributed by atoms with Gasteiger partial charge in [0, 0.05) is 46.6 Å². The molecule has 2 amide bonds. The second kappa shape index (κ2) is 10.0. The summed E-state index contributed by atoms with van der Waals surface area (Å²) in [6, 6.07) is 20.1. The molecule has 0 bridgehead atoms. The van der Waals surface area contributed by atoms with Crippen molar-refractivity contribution < 1.29 is 22.8 Å². The summed E-state index contributed by atoms with van der Waals surface area (Å²) < 4.78 is 39.0. The highest BCUT2D eigenvalue weighted by Gasteiger charge is 2.30. The van der Waals surface area contributed by atoms with Crippen molar-refractivity contribution in [2.45, 2.75) is 19.0 Å². The molecule has 1 aliphatic heterocycles. The summed E-state index contributed by atoms with van der Waals surface area (Å²) >= 11 is 0. The van der Waals surface area contributed by atoms with Crippen molar-refractivity contribution in [3.8, 4) is 11.1 Å². The van der Waals surface area contributed by atoms with Gasteiger partial charge < -0.3 is 16.0 Å². The third-order valence-electron chi connectivity index (χ3n) is 6.43. The van der Waals surface area contributed by atoms with E-state index in [2.05, 4.69) is 10.3 Å². The molecule has 2 heterocycles. The van der Waals surface area contributed by atoms with E-state index in [1.54, 1.807) is 47.5 Å². The Morgan fingerprint density at radius 2 is 1.76 bits per heavy atom. The second-order valence-electron chi connectivity index (χ2n) is 8.94. The predicted molar refractivity (Wildman–Crippen MR) is 140 cm³/mol. The fraction of sp³-hybridized carbons (Fsp3) is 0.138. The molecule has 0 unspecified atom stereocenters. The topological polar surface area (TPSA) is 88.3 Å². The van der Waals surface area contributed by atoms with Crippen LogP contribution in [0.25, 0.3) is 11.1 Å². The van der Waals surface area contributed by atoms with E-state index in [0.717, 1.165) is 23.4 Å². The second-order valence-corrected chi connectivity index (χ2v) is 8.94. The molecule has 0 aliphatic carbocycles. The molecule has 192 valence electrons. The molecular formula is C29H23F3N4O2. The number of pyridine rings is 1. The Morgan fingerprint density at radius 1 is 0.974 bits per heavy atom. The quantitative estimate of drug-likeness (QED) is 0.332. The lowest BCUT2D eigenvalue weighted by molar-refractivity contribution is -0.137. The van der Waals surface area contributed by atoms with Crippen LogP contribution in [-0.4, -0.2) is 23.3 Å². The third kappa shape index (κ3) is 5.08. The third-order valence-corrected chi connectivity index (χ3v) is 6.43. The highest BCUT2D eigenvalue weighted by molar-refractivity contribution is 6.10. The first kappa shape index (κ1) is 25.0. The van der Waals surface area contributed by atoms with E-state index in [0.29, 0.717) is 35.5 Å². The maximum absolute atomic E-state index is 13.2. The van der Waals surface area contributed by atoms with Crippen LogP contribution in [0.15, 0.2) is 85.1 Å². The van der Waals surface area contributed by atoms with Crippen LogP contribution in [-0.2, 0) is 23.8 Å². The van der Waals surface area contributed by atoms with Gasteiger partial charge in [-0.25, -0.2) is 0 Å². The maximum atomic E-state index is 13.2. The molecule has 3 aromatic carbocycles. The average molecular weight is 517 g/mol. The Kier molecular flexibility index (Phi) is 6.59. The van der Waals surface area contributed by atoms with Crippen LogP contribution in [0, 0.1) is 0 Å². The first-order valence-electron chi connectivity index (χ1n) is 11.9. The number of benzene rings is 3. The predicted octanol–water partition coefficient (Wildman–Crippen LogP) is 5.73. The summed E-state index contributed by atoms with van der Waals surface area (Å²) in [6.45, 7) is 0.533. The zero-order valence-corrected chi connectivity index (χ0v) is 20.1. The van der Waals surface area contributed by atoms with Gasteiger partial charge in [-0.05, 0) is 72.1 Å². The molecule has 38 heavy (non-hydrogen) atoms. The van der Waals surface area contributed by atoms with Gasteiger partial charge in [0.1, 0.15) is 0 Å². The number of anilines is 3. The van der Waals surface area contributed by atoms with E-state index < -0.39 is 17.6 Å². The van der Waals surface area contributed by atoms with E-state index in [9.17, 15) is 22.8 Å². The van der Waals surface area contributed by atoms with Crippen LogP contribution >= 0.6 is 0 Å². The Bertz CT molecular complexity index is 1500. The Labute approximate surface area is 216 Å². The minimum absolute atomic E-state index is 0.0554. The number of carbonyl (C=O) groups is 2. The zero-order valence-electron chi connectivity index (χ0n) is 20.1. The monoisotopic (exact) mass is 516 g/mol. The molecule has 0 atom stereocenters. The van der Waals surface area contributed by atoms with Gasteiger partial charge in [-0.2, -0.15) is 13.2 Å². The van der Waals surface area contributed by atoms with Crippen LogP contribution in [0.2, 0.25) is 0 Å². The molecule has 0 saturated carbocycles. The number of halogens is 3. The molecule has 6 nitrogen and oxygen atoms in total.